The smallest absolute Gasteiger partial charge is 0.281 e. The van der Waals surface area contributed by atoms with Gasteiger partial charge < -0.3 is 39.7 Å². The summed E-state index contributed by atoms with van der Waals surface area (Å²) in [6, 6.07) is 3.63. The molecule has 4 unspecified atom stereocenters. The summed E-state index contributed by atoms with van der Waals surface area (Å²) in [5.41, 5.74) is 0.574. The molecule has 2 aliphatic carbocycles. The van der Waals surface area contributed by atoms with Crippen LogP contribution in [0.4, 0.5) is 0 Å². The normalized spacial score (nSPS) is 33.5. The molecule has 7 atom stereocenters. The SMILES string of the molecule is O=C1CCC([C@H]2Oc3c(c(O)cc4c3C3c5c(O)cc(O)cc5O[C@@](C5CCC(=O)C(=O)C5)(O4)C3O)C[C@H]2O)CC1=O. The zero-order chi connectivity index (χ0) is 29.7. The second-order valence-electron chi connectivity index (χ2n) is 11.8. The highest BCUT2D eigenvalue weighted by Gasteiger charge is 2.63. The number of fused-ring (bicyclic) bond motifs is 8. The van der Waals surface area contributed by atoms with Gasteiger partial charge in [-0.05, 0) is 12.8 Å². The molecule has 2 aromatic carbocycles. The first kappa shape index (κ1) is 26.7. The zero-order valence-corrected chi connectivity index (χ0v) is 22.2. The topological polar surface area (TPSA) is 197 Å². The lowest BCUT2D eigenvalue weighted by Crippen LogP contribution is -2.65. The fourth-order valence-electron chi connectivity index (χ4n) is 7.34. The van der Waals surface area contributed by atoms with Crippen molar-refractivity contribution in [2.75, 3.05) is 0 Å². The van der Waals surface area contributed by atoms with Gasteiger partial charge in [-0.15, -0.1) is 0 Å². The lowest BCUT2D eigenvalue weighted by atomic mass is 9.69. The van der Waals surface area contributed by atoms with Crippen LogP contribution in [0.2, 0.25) is 0 Å². The molecule has 42 heavy (non-hydrogen) atoms. The van der Waals surface area contributed by atoms with Crippen molar-refractivity contribution in [2.45, 2.75) is 75.0 Å². The molecule has 0 saturated heterocycles. The molecule has 220 valence electrons. The number of phenols is 3. The molecule has 3 heterocycles. The molecule has 0 amide bonds. The van der Waals surface area contributed by atoms with Gasteiger partial charge in [-0.25, -0.2) is 0 Å². The Hall–Kier alpha value is -4.16. The molecule has 2 aromatic rings. The van der Waals surface area contributed by atoms with Gasteiger partial charge in [0, 0.05) is 78.8 Å². The van der Waals surface area contributed by atoms with Gasteiger partial charge in [-0.3, -0.25) is 19.2 Å². The van der Waals surface area contributed by atoms with E-state index in [9.17, 15) is 44.7 Å². The van der Waals surface area contributed by atoms with E-state index in [1.165, 1.54) is 12.1 Å². The van der Waals surface area contributed by atoms with Gasteiger partial charge in [-0.1, -0.05) is 0 Å². The first-order chi connectivity index (χ1) is 20.0. The summed E-state index contributed by atoms with van der Waals surface area (Å²) in [4.78, 5) is 48.5. The first-order valence-electron chi connectivity index (χ1n) is 14.0. The number of ketones is 4. The van der Waals surface area contributed by atoms with E-state index >= 15 is 0 Å². The number of ether oxygens (including phenoxy) is 3. The molecule has 5 N–H and O–H groups in total. The lowest BCUT2D eigenvalue weighted by molar-refractivity contribution is -0.244. The van der Waals surface area contributed by atoms with Crippen LogP contribution in [0.15, 0.2) is 18.2 Å². The summed E-state index contributed by atoms with van der Waals surface area (Å²) in [5.74, 6) is -7.38. The molecule has 12 heteroatoms. The van der Waals surface area contributed by atoms with Crippen molar-refractivity contribution in [3.8, 4) is 34.5 Å². The van der Waals surface area contributed by atoms with Crippen molar-refractivity contribution >= 4 is 23.1 Å². The fourth-order valence-corrected chi connectivity index (χ4v) is 7.34. The van der Waals surface area contributed by atoms with Gasteiger partial charge >= 0.3 is 0 Å². The van der Waals surface area contributed by atoms with Gasteiger partial charge in [0.15, 0.2) is 23.1 Å². The highest BCUT2D eigenvalue weighted by molar-refractivity contribution is 6.38. The van der Waals surface area contributed by atoms with Gasteiger partial charge in [0.05, 0.1) is 12.0 Å². The maximum Gasteiger partial charge on any atom is 0.281 e. The largest absolute Gasteiger partial charge is 0.508 e. The van der Waals surface area contributed by atoms with Crippen LogP contribution >= 0.6 is 0 Å². The summed E-state index contributed by atoms with van der Waals surface area (Å²) in [6.07, 6.45) is -3.59. The zero-order valence-electron chi connectivity index (χ0n) is 22.2. The number of carbonyl (C=O) groups is 4. The van der Waals surface area contributed by atoms with Crippen LogP contribution in [0.1, 0.15) is 61.1 Å². The van der Waals surface area contributed by atoms with Crippen LogP contribution in [-0.2, 0) is 25.6 Å². The summed E-state index contributed by atoms with van der Waals surface area (Å²) in [5, 5.41) is 55.3. The Kier molecular flexibility index (Phi) is 5.83. The second kappa shape index (κ2) is 9.17. The third-order valence-electron chi connectivity index (χ3n) is 9.40. The molecule has 12 nitrogen and oxygen atoms in total. The number of rotatable bonds is 2. The Morgan fingerprint density at radius 1 is 0.738 bits per heavy atom. The van der Waals surface area contributed by atoms with Crippen LogP contribution in [0.5, 0.6) is 34.5 Å². The van der Waals surface area contributed by atoms with Crippen LogP contribution in [0.3, 0.4) is 0 Å². The molecule has 7 rings (SSSR count). The van der Waals surface area contributed by atoms with Crippen molar-refractivity contribution in [1.82, 2.24) is 0 Å². The van der Waals surface area contributed by atoms with Crippen LogP contribution < -0.4 is 14.2 Å². The van der Waals surface area contributed by atoms with Crippen molar-refractivity contribution in [1.29, 1.82) is 0 Å². The quantitative estimate of drug-likeness (QED) is 0.320. The highest BCUT2D eigenvalue weighted by Crippen LogP contribution is 2.61. The number of hydrogen-bond donors (Lipinski definition) is 5. The van der Waals surface area contributed by atoms with Crippen LogP contribution in [0.25, 0.3) is 0 Å². The Balaban J connectivity index is 1.40. The third kappa shape index (κ3) is 3.74. The molecular formula is C30H28O12. The fraction of sp³-hybridized carbons (Fsp3) is 0.467. The number of hydrogen-bond acceptors (Lipinski definition) is 12. The minimum Gasteiger partial charge on any atom is -0.508 e. The van der Waals surface area contributed by atoms with E-state index in [1.807, 2.05) is 0 Å². The molecule has 0 spiro atoms. The Bertz CT molecular complexity index is 1580. The Labute approximate surface area is 238 Å². The Morgan fingerprint density at radius 3 is 2.10 bits per heavy atom. The van der Waals surface area contributed by atoms with Crippen molar-refractivity contribution in [3.05, 3.63) is 34.9 Å². The van der Waals surface area contributed by atoms with Crippen LogP contribution in [0, 0.1) is 11.8 Å². The standard InChI is InChI=1S/C30H28O12/c31-13-7-20(37)24-22(8-13)41-30(12-2-4-16(33)19(36)6-12)29(39)26(24)25-23(42-30)10-17(34)14-9-21(38)27(40-28(14)25)11-1-3-15(32)18(35)5-11/h7-8,10-12,21,26-27,29,31,34,37-39H,1-6,9H2/t11?,12?,21-,26?,27-,29?,30+/m1/s1. The van der Waals surface area contributed by atoms with E-state index in [0.717, 1.165) is 6.07 Å². The van der Waals surface area contributed by atoms with E-state index in [-0.39, 0.29) is 84.0 Å². The van der Waals surface area contributed by atoms with Gasteiger partial charge in [0.1, 0.15) is 46.7 Å². The average Bonchev–Trinajstić information content (AvgIpc) is 2.92. The number of aromatic hydroxyl groups is 3. The Morgan fingerprint density at radius 2 is 1.40 bits per heavy atom. The van der Waals surface area contributed by atoms with Crippen molar-refractivity contribution in [3.63, 3.8) is 0 Å². The number of phenolic OH excluding ortho intramolecular Hbond substituents is 3. The summed E-state index contributed by atoms with van der Waals surface area (Å²) >= 11 is 0. The number of benzene rings is 2. The van der Waals surface area contributed by atoms with Crippen molar-refractivity contribution < 1.29 is 58.9 Å². The van der Waals surface area contributed by atoms with E-state index in [0.29, 0.717) is 6.42 Å². The maximum atomic E-state index is 12.5. The van der Waals surface area contributed by atoms with Gasteiger partial charge in [0.25, 0.3) is 5.79 Å². The molecule has 2 bridgehead atoms. The monoisotopic (exact) mass is 580 g/mol. The minimum absolute atomic E-state index is 0.0107. The number of carbonyl (C=O) groups excluding carboxylic acids is 4. The maximum absolute atomic E-state index is 12.5. The van der Waals surface area contributed by atoms with E-state index in [1.54, 1.807) is 0 Å². The minimum atomic E-state index is -1.92. The third-order valence-corrected chi connectivity index (χ3v) is 9.40. The van der Waals surface area contributed by atoms with E-state index in [2.05, 4.69) is 0 Å². The van der Waals surface area contributed by atoms with Gasteiger partial charge in [0.2, 0.25) is 0 Å². The molecule has 0 radical (unpaired) electrons. The summed E-state index contributed by atoms with van der Waals surface area (Å²) in [7, 11) is 0. The summed E-state index contributed by atoms with van der Waals surface area (Å²) < 4.78 is 18.9. The second-order valence-corrected chi connectivity index (χ2v) is 11.8. The van der Waals surface area contributed by atoms with Crippen LogP contribution in [-0.4, -0.2) is 72.8 Å². The average molecular weight is 581 g/mol. The number of aliphatic hydroxyl groups is 2. The molecule has 2 saturated carbocycles. The summed E-state index contributed by atoms with van der Waals surface area (Å²) in [6.45, 7) is 0. The molecule has 5 aliphatic rings. The molecular weight excluding hydrogens is 552 g/mol. The molecule has 3 aliphatic heterocycles. The highest BCUT2D eigenvalue weighted by atomic mass is 16.7. The van der Waals surface area contributed by atoms with E-state index < -0.39 is 70.7 Å². The molecule has 2 fully saturated rings. The predicted octanol–water partition coefficient (Wildman–Crippen LogP) is 1.32. The predicted molar refractivity (Wildman–Crippen MR) is 139 cm³/mol. The van der Waals surface area contributed by atoms with Crippen molar-refractivity contribution in [2.24, 2.45) is 11.8 Å². The molecule has 0 aromatic heterocycles. The number of aliphatic hydroxyl groups excluding tert-OH is 2. The number of Topliss-reactive ketones (excluding diaryl/α,β-unsaturated/α-hetero) is 4. The lowest BCUT2D eigenvalue weighted by Gasteiger charge is -2.53. The van der Waals surface area contributed by atoms with E-state index in [4.69, 9.17) is 14.2 Å². The first-order valence-corrected chi connectivity index (χ1v) is 14.0. The van der Waals surface area contributed by atoms with Gasteiger partial charge in [-0.2, -0.15) is 0 Å².